The summed E-state index contributed by atoms with van der Waals surface area (Å²) >= 11 is 6.42. The highest BCUT2D eigenvalue weighted by Crippen LogP contribution is 2.44. The number of methoxy groups -OCH3 is 3. The van der Waals surface area contributed by atoms with Gasteiger partial charge in [-0.2, -0.15) is 14.4 Å². The smallest absolute Gasteiger partial charge is 0.208 e. The Bertz CT molecular complexity index is 5670. The van der Waals surface area contributed by atoms with E-state index in [4.69, 9.17) is 65.9 Å². The number of anilines is 7. The van der Waals surface area contributed by atoms with Crippen molar-refractivity contribution in [3.8, 4) is 51.4 Å². The predicted molar refractivity (Wildman–Crippen MR) is 427 cm³/mol. The van der Waals surface area contributed by atoms with E-state index in [1.54, 1.807) is 60.8 Å². The fourth-order valence-corrected chi connectivity index (χ4v) is 13.7. The van der Waals surface area contributed by atoms with E-state index in [2.05, 4.69) is 98.8 Å². The van der Waals surface area contributed by atoms with Crippen molar-refractivity contribution in [2.75, 3.05) is 56.2 Å². The van der Waals surface area contributed by atoms with Gasteiger partial charge in [-0.25, -0.2) is 24.9 Å². The quantitative estimate of drug-likeness (QED) is 0.0580. The molecule has 11 aromatic heterocycles. The fraction of sp³-hybridized carbons (Fsp3) is 0.316. The monoisotopic (exact) mass is 1530 g/mol. The van der Waals surface area contributed by atoms with Crippen LogP contribution in [-0.4, -0.2) is 150 Å². The minimum atomic E-state index is -0.0897. The fourth-order valence-electron chi connectivity index (χ4n) is 13.5. The molecule has 14 heterocycles. The molecule has 17 rings (SSSR count). The van der Waals surface area contributed by atoms with E-state index in [0.717, 1.165) is 188 Å². The Kier molecular flexibility index (Phi) is 23.1. The number of aliphatic imine (C=N–C) groups is 1. The van der Waals surface area contributed by atoms with Gasteiger partial charge in [0.05, 0.1) is 105 Å². The Labute approximate surface area is 650 Å². The zero-order chi connectivity index (χ0) is 78.1. The molecular weight excluding hydrogens is 1440 g/mol. The Morgan fingerprint density at radius 2 is 0.902 bits per heavy atom. The number of nitrogens with two attached hydrogens (primary N) is 1. The van der Waals surface area contributed by atoms with Crippen LogP contribution in [0.5, 0.6) is 17.2 Å². The molecule has 32 nitrogen and oxygen atoms in total. The first-order valence-corrected chi connectivity index (χ1v) is 37.0. The average Bonchev–Trinajstić information content (AvgIpc) is 1.62. The van der Waals surface area contributed by atoms with Crippen LogP contribution in [0.1, 0.15) is 115 Å². The van der Waals surface area contributed by atoms with Crippen LogP contribution in [0, 0.1) is 34.6 Å². The minimum Gasteiger partial charge on any atom is -0.494 e. The zero-order valence-corrected chi connectivity index (χ0v) is 65.1. The number of rotatable bonds is 18. The van der Waals surface area contributed by atoms with Crippen LogP contribution in [0.25, 0.3) is 56.5 Å². The topological polar surface area (TPSA) is 364 Å². The van der Waals surface area contributed by atoms with E-state index in [0.29, 0.717) is 69.7 Å². The van der Waals surface area contributed by atoms with Crippen molar-refractivity contribution < 1.29 is 23.7 Å². The normalized spacial score (nSPS) is 14.4. The average molecular weight is 1530 g/mol. The Balaban J connectivity index is 0.000000133. The number of nitrogen functional groups attached to an aromatic ring is 1. The molecule has 0 amide bonds. The summed E-state index contributed by atoms with van der Waals surface area (Å²) in [5.74, 6) is 5.57. The van der Waals surface area contributed by atoms with Crippen LogP contribution in [-0.2, 0) is 49.9 Å². The van der Waals surface area contributed by atoms with Crippen LogP contribution < -0.4 is 35.9 Å². The molecule has 0 spiro atoms. The lowest BCUT2D eigenvalue weighted by Crippen LogP contribution is -2.19. The van der Waals surface area contributed by atoms with Crippen LogP contribution in [0.4, 0.5) is 45.6 Å². The summed E-state index contributed by atoms with van der Waals surface area (Å²) in [6.45, 7) is 13.5. The van der Waals surface area contributed by atoms with Gasteiger partial charge in [-0.1, -0.05) is 48.0 Å². The summed E-state index contributed by atoms with van der Waals surface area (Å²) in [4.78, 5) is 46.3. The number of halogens is 1. The van der Waals surface area contributed by atoms with Crippen molar-refractivity contribution in [3.05, 3.63) is 190 Å². The van der Waals surface area contributed by atoms with Crippen molar-refractivity contribution in [1.29, 1.82) is 0 Å². The number of nitrogens with one attached hydrogen (secondary N) is 3. The second-order valence-corrected chi connectivity index (χ2v) is 27.7. The summed E-state index contributed by atoms with van der Waals surface area (Å²) < 4.78 is 33.6. The standard InChI is InChI=1S/C28H31N9O2.C24H24N8O.C21H23ClN8O2.C6H8N2/c1-17-11-12-19(29-16-17)14-20-15-23(25-28(31-20)37(18(2)30-25)24-10-5-6-13-39-24)32-22-9-7-8-21(26(22)38-4)27-33-35-36(3)34-27;1-14-8-9-16(25-13-14)11-17-12-21(22-20(27-17)10-15(2)26-22)28-19-7-5-6-18(23(19)33-4)24-29-31-32(3)30-24;1-12-23-18-15(11-16(22)25-21(18)30(12)17-9-4-5-10-32-17)24-14-8-6-7-13(19(14)31-3)20-26-28-29(2)27-20;1-5-2-3-6(7)8-4-5/h7-9,11-12,15-16,24H,5-6,10,13-14H2,1-4H3,(H,31,32);5-9,12-13H,10-11H2,1-4H3,(H,27,28);6-8,11,17H,4-5,9-10H2,1-3H3,(H,24,25);2-4H,1H3,(H2,7,8). The van der Waals surface area contributed by atoms with Crippen molar-refractivity contribution in [2.45, 2.75) is 112 Å². The maximum atomic E-state index is 6.42. The highest BCUT2D eigenvalue weighted by atomic mass is 35.5. The third-order valence-corrected chi connectivity index (χ3v) is 18.9. The number of para-hydroxylation sites is 3. The van der Waals surface area contributed by atoms with Crippen LogP contribution >= 0.6 is 11.6 Å². The highest BCUT2D eigenvalue weighted by molar-refractivity contribution is 6.30. The first-order chi connectivity index (χ1) is 54.3. The van der Waals surface area contributed by atoms with Crippen molar-refractivity contribution in [3.63, 3.8) is 0 Å². The molecule has 0 bridgehead atoms. The largest absolute Gasteiger partial charge is 0.494 e. The maximum absolute atomic E-state index is 6.42. The van der Waals surface area contributed by atoms with Crippen molar-refractivity contribution in [1.82, 2.24) is 110 Å². The number of tetrazole rings is 3. The molecule has 5 N–H and O–H groups in total. The van der Waals surface area contributed by atoms with Gasteiger partial charge in [0.15, 0.2) is 28.5 Å². The van der Waals surface area contributed by atoms with Crippen LogP contribution in [0.3, 0.4) is 0 Å². The number of aryl methyl sites for hydroxylation is 8. The number of hydrogen-bond donors (Lipinski definition) is 4. The van der Waals surface area contributed by atoms with Crippen molar-refractivity contribution in [2.24, 2.45) is 26.1 Å². The van der Waals surface area contributed by atoms with Gasteiger partial charge in [0, 0.05) is 79.9 Å². The van der Waals surface area contributed by atoms with Gasteiger partial charge in [0.25, 0.3) is 0 Å². The lowest BCUT2D eigenvalue weighted by atomic mass is 10.1. The van der Waals surface area contributed by atoms with Gasteiger partial charge in [0.1, 0.15) is 51.8 Å². The van der Waals surface area contributed by atoms with E-state index in [1.807, 2.05) is 143 Å². The SMILES string of the molecule is COc1c(Nc2cc(Cc3ccc(C)cn3)nc3c2N=C(C)C3)cccc1-c1nnn(C)n1.COc1c(Nc2cc(Cc3ccc(C)cn3)nc3c2nc(C)n3C2CCCCO2)cccc1-c1nnn(C)n1.COc1c(Nc2cc(Cl)nc3c2nc(C)n3C2CCCCO2)cccc1-c1nnn(C)n1.Cc1ccc(N)nc1. The van der Waals surface area contributed by atoms with Gasteiger partial charge in [-0.05, 0) is 179 Å². The second kappa shape index (κ2) is 34.0. The lowest BCUT2D eigenvalue weighted by Gasteiger charge is -2.25. The number of hydrogen-bond acceptors (Lipinski definition) is 27. The number of benzene rings is 3. The van der Waals surface area contributed by atoms with Gasteiger partial charge in [-0.15, -0.1) is 30.6 Å². The highest BCUT2D eigenvalue weighted by Gasteiger charge is 2.28. The molecule has 0 saturated carbocycles. The molecule has 33 heteroatoms. The molecule has 3 aliphatic heterocycles. The molecule has 3 aliphatic rings. The van der Waals surface area contributed by atoms with E-state index in [1.165, 1.54) is 14.4 Å². The Morgan fingerprint density at radius 3 is 1.30 bits per heavy atom. The number of imidazole rings is 2. The molecule has 574 valence electrons. The van der Waals surface area contributed by atoms with E-state index >= 15 is 0 Å². The van der Waals surface area contributed by atoms with Gasteiger partial charge >= 0.3 is 0 Å². The van der Waals surface area contributed by atoms with E-state index < -0.39 is 0 Å². The summed E-state index contributed by atoms with van der Waals surface area (Å²) in [7, 11) is 10.1. The first kappa shape index (κ1) is 76.0. The van der Waals surface area contributed by atoms with Crippen LogP contribution in [0.15, 0.2) is 133 Å². The summed E-state index contributed by atoms with van der Waals surface area (Å²) in [6.07, 6.45) is 13.5. The molecule has 0 aliphatic carbocycles. The van der Waals surface area contributed by atoms with Gasteiger partial charge < -0.3 is 45.4 Å². The molecule has 2 unspecified atom stereocenters. The predicted octanol–water partition coefficient (Wildman–Crippen LogP) is 13.6. The zero-order valence-electron chi connectivity index (χ0n) is 64.3. The number of aromatic nitrogens is 22. The summed E-state index contributed by atoms with van der Waals surface area (Å²) in [5, 5.41) is 48.1. The molecule has 2 atom stereocenters. The third-order valence-electron chi connectivity index (χ3n) is 18.7. The van der Waals surface area contributed by atoms with E-state index in [9.17, 15) is 0 Å². The molecule has 14 aromatic rings. The number of pyridine rings is 6. The molecule has 3 aromatic carbocycles. The van der Waals surface area contributed by atoms with Crippen LogP contribution in [0.2, 0.25) is 5.15 Å². The number of fused-ring (bicyclic) bond motifs is 3. The number of nitrogens with zero attached hydrogens (tertiary/aromatic N) is 23. The van der Waals surface area contributed by atoms with Gasteiger partial charge in [-0.3, -0.25) is 29.1 Å². The van der Waals surface area contributed by atoms with E-state index in [-0.39, 0.29) is 12.5 Å². The lowest BCUT2D eigenvalue weighted by molar-refractivity contribution is -0.0310. The minimum absolute atomic E-state index is 0.0857. The molecule has 112 heavy (non-hydrogen) atoms. The van der Waals surface area contributed by atoms with Crippen molar-refractivity contribution >= 4 is 85.3 Å². The molecule has 2 saturated heterocycles. The third kappa shape index (κ3) is 17.3. The Morgan fingerprint density at radius 1 is 0.473 bits per heavy atom. The molecule has 2 fully saturated rings. The first-order valence-electron chi connectivity index (χ1n) is 36.6. The number of ether oxygens (including phenoxy) is 5. The Hall–Kier alpha value is -12.8. The summed E-state index contributed by atoms with van der Waals surface area (Å²) in [5.41, 5.74) is 25.2. The molecule has 0 radical (unpaired) electrons. The second-order valence-electron chi connectivity index (χ2n) is 27.3. The maximum Gasteiger partial charge on any atom is 0.208 e. The van der Waals surface area contributed by atoms with Gasteiger partial charge in [0.2, 0.25) is 17.5 Å². The molecular formula is C79H86ClN27O5. The summed E-state index contributed by atoms with van der Waals surface area (Å²) in [6, 6.07) is 35.1.